The van der Waals surface area contributed by atoms with Gasteiger partial charge in [0.2, 0.25) is 0 Å². The maximum atomic E-state index is 11.2. The predicted molar refractivity (Wildman–Crippen MR) is 100 cm³/mol. The van der Waals surface area contributed by atoms with Gasteiger partial charge >= 0.3 is 5.97 Å². The van der Waals surface area contributed by atoms with E-state index in [0.29, 0.717) is 17.9 Å². The molecular formula is C21H23NO4. The van der Waals surface area contributed by atoms with Crippen molar-refractivity contribution in [3.05, 3.63) is 70.8 Å². The van der Waals surface area contributed by atoms with E-state index in [1.807, 2.05) is 32.3 Å². The van der Waals surface area contributed by atoms with Gasteiger partial charge in [-0.15, -0.1) is 0 Å². The number of aliphatic hydroxyl groups excluding tert-OH is 1. The maximum Gasteiger partial charge on any atom is 0.337 e. The number of rotatable bonds is 5. The highest BCUT2D eigenvalue weighted by atomic mass is 16.5. The summed E-state index contributed by atoms with van der Waals surface area (Å²) in [5.74, 6) is -0.573. The van der Waals surface area contributed by atoms with Gasteiger partial charge in [-0.2, -0.15) is 0 Å². The van der Waals surface area contributed by atoms with Crippen LogP contribution >= 0.6 is 0 Å². The van der Waals surface area contributed by atoms with Crippen LogP contribution in [0.25, 0.3) is 5.57 Å². The molecule has 5 heteroatoms. The molecule has 0 amide bonds. The Labute approximate surface area is 153 Å². The maximum absolute atomic E-state index is 11.2. The second-order valence-electron chi connectivity index (χ2n) is 6.65. The van der Waals surface area contributed by atoms with Gasteiger partial charge in [0, 0.05) is 12.1 Å². The summed E-state index contributed by atoms with van der Waals surface area (Å²) >= 11 is 0. The molecular weight excluding hydrogens is 330 g/mol. The number of nitrogens with zero attached hydrogens (tertiary/aromatic N) is 1. The fourth-order valence-corrected chi connectivity index (χ4v) is 3.09. The van der Waals surface area contributed by atoms with Crippen molar-refractivity contribution in [1.82, 2.24) is 4.90 Å². The number of carbonyl (C=O) groups is 1. The molecule has 2 aromatic carbocycles. The second-order valence-corrected chi connectivity index (χ2v) is 6.65. The van der Waals surface area contributed by atoms with E-state index in [2.05, 4.69) is 17.0 Å². The fraction of sp³-hybridized carbons (Fsp3) is 0.286. The number of aliphatic hydroxyl groups is 1. The van der Waals surface area contributed by atoms with E-state index in [9.17, 15) is 9.90 Å². The van der Waals surface area contributed by atoms with Crippen molar-refractivity contribution in [1.29, 1.82) is 0 Å². The van der Waals surface area contributed by atoms with Crippen LogP contribution in [0.1, 0.15) is 34.8 Å². The Morgan fingerprint density at radius 3 is 2.73 bits per heavy atom. The first-order valence-corrected chi connectivity index (χ1v) is 8.58. The first kappa shape index (κ1) is 18.2. The molecule has 0 aromatic heterocycles. The number of ether oxygens (including phenoxy) is 1. The molecule has 2 N–H and O–H groups in total. The molecule has 0 bridgehead atoms. The Morgan fingerprint density at radius 1 is 1.23 bits per heavy atom. The van der Waals surface area contributed by atoms with Crippen LogP contribution in [-0.4, -0.2) is 41.7 Å². The van der Waals surface area contributed by atoms with E-state index in [4.69, 9.17) is 9.84 Å². The zero-order chi connectivity index (χ0) is 18.7. The van der Waals surface area contributed by atoms with Crippen LogP contribution in [0.4, 0.5) is 0 Å². The monoisotopic (exact) mass is 353 g/mol. The van der Waals surface area contributed by atoms with E-state index in [-0.39, 0.29) is 0 Å². The summed E-state index contributed by atoms with van der Waals surface area (Å²) < 4.78 is 5.95. The molecule has 0 spiro atoms. The Kier molecular flexibility index (Phi) is 5.40. The van der Waals surface area contributed by atoms with Gasteiger partial charge in [0.15, 0.2) is 6.10 Å². The van der Waals surface area contributed by atoms with Crippen molar-refractivity contribution in [2.75, 3.05) is 20.6 Å². The Balaban J connectivity index is 2.11. The molecule has 1 heterocycles. The van der Waals surface area contributed by atoms with Crippen molar-refractivity contribution in [3.8, 4) is 5.75 Å². The number of fused-ring (bicyclic) bond motifs is 2. The van der Waals surface area contributed by atoms with Gasteiger partial charge in [0.1, 0.15) is 12.4 Å². The van der Waals surface area contributed by atoms with E-state index in [0.717, 1.165) is 35.2 Å². The van der Waals surface area contributed by atoms with Gasteiger partial charge in [0.25, 0.3) is 0 Å². The van der Waals surface area contributed by atoms with Crippen LogP contribution < -0.4 is 4.74 Å². The molecule has 1 atom stereocenters. The first-order chi connectivity index (χ1) is 12.5. The molecule has 3 rings (SSSR count). The normalized spacial score (nSPS) is 15.8. The van der Waals surface area contributed by atoms with Crippen LogP contribution in [0.15, 0.2) is 48.5 Å². The number of hydrogen-bond acceptors (Lipinski definition) is 4. The molecule has 0 saturated heterocycles. The first-order valence-electron chi connectivity index (χ1n) is 8.58. The molecule has 2 aromatic rings. The van der Waals surface area contributed by atoms with E-state index in [1.165, 1.54) is 0 Å². The average molecular weight is 353 g/mol. The van der Waals surface area contributed by atoms with Crippen molar-refractivity contribution >= 4 is 11.5 Å². The Bertz CT molecular complexity index is 842. The van der Waals surface area contributed by atoms with Gasteiger partial charge in [-0.3, -0.25) is 0 Å². The zero-order valence-electron chi connectivity index (χ0n) is 15.0. The molecule has 0 unspecified atom stereocenters. The third-order valence-electron chi connectivity index (χ3n) is 4.46. The van der Waals surface area contributed by atoms with Crippen LogP contribution in [0, 0.1) is 0 Å². The summed E-state index contributed by atoms with van der Waals surface area (Å²) in [6, 6.07) is 13.1. The smallest absolute Gasteiger partial charge is 0.337 e. The SMILES string of the molecule is CN(C)CC/C=C1/c2ccccc2COc2ccc([C@@H](O)C(=O)O)cc21. The Morgan fingerprint density at radius 2 is 2.00 bits per heavy atom. The average Bonchev–Trinajstić information content (AvgIpc) is 2.78. The molecule has 136 valence electrons. The van der Waals surface area contributed by atoms with Gasteiger partial charge in [0.05, 0.1) is 0 Å². The highest BCUT2D eigenvalue weighted by molar-refractivity contribution is 5.86. The van der Waals surface area contributed by atoms with Crippen LogP contribution in [0.5, 0.6) is 5.75 Å². The number of carboxylic acids is 1. The highest BCUT2D eigenvalue weighted by Crippen LogP contribution is 2.38. The fourth-order valence-electron chi connectivity index (χ4n) is 3.09. The number of hydrogen-bond donors (Lipinski definition) is 2. The van der Waals surface area contributed by atoms with Crippen LogP contribution in [-0.2, 0) is 11.4 Å². The van der Waals surface area contributed by atoms with Crippen LogP contribution in [0.2, 0.25) is 0 Å². The molecule has 0 radical (unpaired) electrons. The lowest BCUT2D eigenvalue weighted by Gasteiger charge is -2.14. The molecule has 1 aliphatic heterocycles. The lowest BCUT2D eigenvalue weighted by Crippen LogP contribution is -2.12. The zero-order valence-corrected chi connectivity index (χ0v) is 15.0. The summed E-state index contributed by atoms with van der Waals surface area (Å²) in [5.41, 5.74) is 4.32. The van der Waals surface area contributed by atoms with Crippen molar-refractivity contribution in [2.45, 2.75) is 19.1 Å². The third-order valence-corrected chi connectivity index (χ3v) is 4.46. The number of aliphatic carboxylic acids is 1. The van der Waals surface area contributed by atoms with Gasteiger partial charge in [-0.25, -0.2) is 4.79 Å². The van der Waals surface area contributed by atoms with E-state index < -0.39 is 12.1 Å². The van der Waals surface area contributed by atoms with Gasteiger partial charge < -0.3 is 19.8 Å². The summed E-state index contributed by atoms with van der Waals surface area (Å²) in [7, 11) is 4.05. The minimum absolute atomic E-state index is 0.345. The van der Waals surface area contributed by atoms with Gasteiger partial charge in [-0.1, -0.05) is 36.4 Å². The minimum atomic E-state index is -1.55. The van der Waals surface area contributed by atoms with Crippen molar-refractivity contribution < 1.29 is 19.7 Å². The lowest BCUT2D eigenvalue weighted by molar-refractivity contribution is -0.146. The lowest BCUT2D eigenvalue weighted by atomic mass is 9.92. The second kappa shape index (κ2) is 7.72. The quantitative estimate of drug-likeness (QED) is 0.864. The molecule has 0 fully saturated rings. The molecule has 0 saturated carbocycles. The molecule has 26 heavy (non-hydrogen) atoms. The Hall–Kier alpha value is -2.63. The largest absolute Gasteiger partial charge is 0.488 e. The van der Waals surface area contributed by atoms with Crippen LogP contribution in [0.3, 0.4) is 0 Å². The molecule has 0 aliphatic carbocycles. The topological polar surface area (TPSA) is 70.0 Å². The summed E-state index contributed by atoms with van der Waals surface area (Å²) in [6.07, 6.45) is 1.45. The standard InChI is InChI=1S/C21H23NO4/c1-22(2)11-5-8-17-16-7-4-3-6-15(16)13-26-19-10-9-14(12-18(17)19)20(23)21(24)25/h3-4,6-10,12,20,23H,5,11,13H2,1-2H3,(H,24,25)/b17-8-/t20-/m1/s1. The summed E-state index contributed by atoms with van der Waals surface area (Å²) in [4.78, 5) is 13.3. The molecule has 5 nitrogen and oxygen atoms in total. The van der Waals surface area contributed by atoms with Crippen molar-refractivity contribution in [2.24, 2.45) is 0 Å². The van der Waals surface area contributed by atoms with E-state index >= 15 is 0 Å². The number of benzene rings is 2. The third kappa shape index (κ3) is 3.79. The minimum Gasteiger partial charge on any atom is -0.488 e. The summed E-state index contributed by atoms with van der Waals surface area (Å²) in [6.45, 7) is 1.36. The number of carboxylic acid groups (broad SMARTS) is 1. The van der Waals surface area contributed by atoms with Gasteiger partial charge in [-0.05, 0) is 54.9 Å². The van der Waals surface area contributed by atoms with E-state index in [1.54, 1.807) is 18.2 Å². The highest BCUT2D eigenvalue weighted by Gasteiger charge is 2.22. The summed E-state index contributed by atoms with van der Waals surface area (Å²) in [5, 5.41) is 19.1. The predicted octanol–water partition coefficient (Wildman–Crippen LogP) is 3.08. The van der Waals surface area contributed by atoms with Crippen molar-refractivity contribution in [3.63, 3.8) is 0 Å². The molecule has 1 aliphatic rings.